The Morgan fingerprint density at radius 1 is 0.442 bits per heavy atom. The summed E-state index contributed by atoms with van der Waals surface area (Å²) in [6, 6.07) is 4.48. The van der Waals surface area contributed by atoms with E-state index in [9.17, 15) is 0 Å². The minimum atomic E-state index is -0.00780. The fraction of sp³-hybridized carbons (Fsp3) is 0.818. The predicted octanol–water partition coefficient (Wildman–Crippen LogP) is 4.09. The monoisotopic (exact) mass is 616 g/mol. The van der Waals surface area contributed by atoms with Gasteiger partial charge in [-0.15, -0.1) is 0 Å². The van der Waals surface area contributed by atoms with Crippen molar-refractivity contribution in [3.8, 4) is 5.75 Å². The lowest BCUT2D eigenvalue weighted by molar-refractivity contribution is -0.0242. The zero-order valence-corrected chi connectivity index (χ0v) is 28.0. The van der Waals surface area contributed by atoms with E-state index < -0.39 is 0 Å². The Kier molecular flexibility index (Phi) is 22.1. The molecule has 252 valence electrons. The van der Waals surface area contributed by atoms with Crippen LogP contribution in [0.2, 0.25) is 0 Å². The molecule has 0 saturated heterocycles. The van der Waals surface area contributed by atoms with Crippen LogP contribution in [0.5, 0.6) is 5.75 Å². The summed E-state index contributed by atoms with van der Waals surface area (Å²) in [5, 5.41) is 8.59. The Balaban J connectivity index is 1.91. The van der Waals surface area contributed by atoms with Gasteiger partial charge in [-0.3, -0.25) is 0 Å². The molecule has 0 aliphatic rings. The van der Waals surface area contributed by atoms with Crippen LogP contribution in [0.25, 0.3) is 0 Å². The normalized spacial score (nSPS) is 12.3. The van der Waals surface area contributed by atoms with E-state index in [2.05, 4.69) is 60.6 Å². The van der Waals surface area contributed by atoms with Gasteiger partial charge in [-0.25, -0.2) is 0 Å². The maximum absolute atomic E-state index is 8.59. The Bertz CT molecular complexity index is 804. The molecule has 0 aliphatic heterocycles. The molecule has 0 radical (unpaired) electrons. The summed E-state index contributed by atoms with van der Waals surface area (Å²) in [4.78, 5) is 0. The van der Waals surface area contributed by atoms with Gasteiger partial charge in [0.05, 0.1) is 112 Å². The zero-order chi connectivity index (χ0) is 31.8. The average molecular weight is 617 g/mol. The fourth-order valence-electron chi connectivity index (χ4n) is 4.11. The highest BCUT2D eigenvalue weighted by Gasteiger charge is 2.24. The van der Waals surface area contributed by atoms with Crippen molar-refractivity contribution in [3.05, 3.63) is 28.8 Å². The highest BCUT2D eigenvalue weighted by atomic mass is 16.6. The van der Waals surface area contributed by atoms with E-state index in [0.29, 0.717) is 112 Å². The van der Waals surface area contributed by atoms with Gasteiger partial charge in [0, 0.05) is 0 Å². The Morgan fingerprint density at radius 3 is 1.05 bits per heavy atom. The second kappa shape index (κ2) is 24.0. The molecule has 1 aromatic rings. The molecule has 0 spiro atoms. The Morgan fingerprint density at radius 2 is 0.744 bits per heavy atom. The van der Waals surface area contributed by atoms with Crippen LogP contribution < -0.4 is 4.74 Å². The lowest BCUT2D eigenvalue weighted by Crippen LogP contribution is -2.20. The summed E-state index contributed by atoms with van der Waals surface area (Å²) >= 11 is 0. The third kappa shape index (κ3) is 20.3. The fourth-order valence-corrected chi connectivity index (χ4v) is 4.11. The van der Waals surface area contributed by atoms with Crippen molar-refractivity contribution in [2.45, 2.75) is 59.3 Å². The maximum atomic E-state index is 8.59. The zero-order valence-electron chi connectivity index (χ0n) is 28.0. The quantitative estimate of drug-likeness (QED) is 0.145. The van der Waals surface area contributed by atoms with E-state index in [1.807, 2.05) is 0 Å². The number of ether oxygens (including phenoxy) is 9. The number of aliphatic hydroxyl groups is 1. The van der Waals surface area contributed by atoms with Gasteiger partial charge in [0.2, 0.25) is 0 Å². The molecule has 0 saturated carbocycles. The molecule has 43 heavy (non-hydrogen) atoms. The number of aliphatic hydroxyl groups excluding tert-OH is 1. The molecule has 1 aromatic carbocycles. The van der Waals surface area contributed by atoms with Crippen molar-refractivity contribution >= 4 is 0 Å². The van der Waals surface area contributed by atoms with Crippen LogP contribution in [0.4, 0.5) is 0 Å². The van der Waals surface area contributed by atoms with E-state index in [-0.39, 0.29) is 17.4 Å². The molecule has 0 unspecified atom stereocenters. The van der Waals surface area contributed by atoms with Gasteiger partial charge < -0.3 is 47.7 Å². The third-order valence-electron chi connectivity index (χ3n) is 6.27. The van der Waals surface area contributed by atoms with Gasteiger partial charge in [-0.1, -0.05) is 47.6 Å². The topological polar surface area (TPSA) is 103 Å². The highest BCUT2D eigenvalue weighted by Crippen LogP contribution is 2.37. The first-order chi connectivity index (χ1) is 20.6. The van der Waals surface area contributed by atoms with E-state index in [4.69, 9.17) is 47.7 Å². The van der Waals surface area contributed by atoms with Gasteiger partial charge in [0.15, 0.2) is 0 Å². The molecular formula is C33H60O10. The number of hydrogen-bond acceptors (Lipinski definition) is 10. The van der Waals surface area contributed by atoms with Crippen LogP contribution in [0, 0.1) is 6.92 Å². The minimum Gasteiger partial charge on any atom is -0.491 e. The van der Waals surface area contributed by atoms with Crippen LogP contribution in [0.3, 0.4) is 0 Å². The van der Waals surface area contributed by atoms with Crippen LogP contribution in [-0.4, -0.2) is 124 Å². The molecule has 0 atom stereocenters. The molecule has 0 heterocycles. The predicted molar refractivity (Wildman–Crippen MR) is 168 cm³/mol. The minimum absolute atomic E-state index is 0.00780. The molecule has 1 N–H and O–H groups in total. The maximum Gasteiger partial charge on any atom is 0.123 e. The smallest absolute Gasteiger partial charge is 0.123 e. The number of benzene rings is 1. The SMILES string of the molecule is Cc1cc(OCCOCCOCCOCCOCCOCCOCCOCCOCCO)c(C(C)(C)C)cc1C(C)(C)C. The van der Waals surface area contributed by atoms with Crippen molar-refractivity contribution in [3.63, 3.8) is 0 Å². The standard InChI is InChI=1S/C33H60O10/c1-28-26-31(30(33(5,6)7)27-29(28)32(2,3)4)43-25-24-42-23-22-41-21-20-40-19-18-39-17-16-38-15-14-37-13-12-36-11-10-35-9-8-34/h26-27,34H,8-25H2,1-7H3. The molecule has 0 aliphatic carbocycles. The van der Waals surface area contributed by atoms with Gasteiger partial charge in [-0.2, -0.15) is 0 Å². The van der Waals surface area contributed by atoms with Crippen LogP contribution in [0.1, 0.15) is 58.2 Å². The summed E-state index contributed by atoms with van der Waals surface area (Å²) in [6.07, 6.45) is 0. The van der Waals surface area contributed by atoms with Gasteiger partial charge in [-0.05, 0) is 40.5 Å². The number of hydrogen-bond donors (Lipinski definition) is 1. The summed E-state index contributed by atoms with van der Waals surface area (Å²) in [5.74, 6) is 0.938. The molecule has 0 fully saturated rings. The van der Waals surface area contributed by atoms with Gasteiger partial charge in [0.25, 0.3) is 0 Å². The molecule has 0 aromatic heterocycles. The Hall–Kier alpha value is -1.34. The van der Waals surface area contributed by atoms with Gasteiger partial charge >= 0.3 is 0 Å². The highest BCUT2D eigenvalue weighted by molar-refractivity contribution is 5.47. The van der Waals surface area contributed by atoms with Crippen molar-refractivity contribution in [2.24, 2.45) is 0 Å². The van der Waals surface area contributed by atoms with Crippen LogP contribution in [-0.2, 0) is 48.7 Å². The largest absolute Gasteiger partial charge is 0.491 e. The van der Waals surface area contributed by atoms with E-state index in [1.54, 1.807) is 0 Å². The second-order valence-electron chi connectivity index (χ2n) is 12.1. The van der Waals surface area contributed by atoms with Crippen LogP contribution in [0.15, 0.2) is 12.1 Å². The summed E-state index contributed by atoms with van der Waals surface area (Å²) in [6.45, 7) is 24.0. The molecule has 0 bridgehead atoms. The van der Waals surface area contributed by atoms with Crippen molar-refractivity contribution in [1.82, 2.24) is 0 Å². The summed E-state index contributed by atoms with van der Waals surface area (Å²) in [7, 11) is 0. The van der Waals surface area contributed by atoms with Crippen LogP contribution >= 0.6 is 0 Å². The first-order valence-electron chi connectivity index (χ1n) is 15.6. The third-order valence-corrected chi connectivity index (χ3v) is 6.27. The lowest BCUT2D eigenvalue weighted by Gasteiger charge is -2.29. The van der Waals surface area contributed by atoms with Crippen molar-refractivity contribution in [1.29, 1.82) is 0 Å². The molecule has 10 heteroatoms. The molecule has 0 amide bonds. The van der Waals surface area contributed by atoms with Crippen molar-refractivity contribution < 1.29 is 47.7 Å². The van der Waals surface area contributed by atoms with Gasteiger partial charge in [0.1, 0.15) is 12.4 Å². The number of rotatable bonds is 27. The van der Waals surface area contributed by atoms with Crippen molar-refractivity contribution in [2.75, 3.05) is 119 Å². The summed E-state index contributed by atoms with van der Waals surface area (Å²) in [5.41, 5.74) is 3.92. The van der Waals surface area contributed by atoms with E-state index in [0.717, 1.165) is 5.75 Å². The molecule has 10 nitrogen and oxygen atoms in total. The number of aryl methyl sites for hydroxylation is 1. The lowest BCUT2D eigenvalue weighted by atomic mass is 9.78. The average Bonchev–Trinajstić information content (AvgIpc) is 2.93. The van der Waals surface area contributed by atoms with E-state index in [1.165, 1.54) is 16.7 Å². The first-order valence-corrected chi connectivity index (χ1v) is 15.6. The Labute approximate surface area is 260 Å². The first kappa shape index (κ1) is 39.7. The van der Waals surface area contributed by atoms with E-state index >= 15 is 0 Å². The second-order valence-corrected chi connectivity index (χ2v) is 12.1. The molecular weight excluding hydrogens is 556 g/mol. The summed E-state index contributed by atoms with van der Waals surface area (Å²) < 4.78 is 49.7. The molecule has 1 rings (SSSR count).